The van der Waals surface area contributed by atoms with Crippen LogP contribution in [-0.2, 0) is 4.79 Å². The lowest BCUT2D eigenvalue weighted by molar-refractivity contribution is -0.137. The van der Waals surface area contributed by atoms with Crippen molar-refractivity contribution < 1.29 is 14.7 Å². The summed E-state index contributed by atoms with van der Waals surface area (Å²) in [6.07, 6.45) is 5.44. The number of H-pyrrole nitrogens is 1. The molecular formula is C17H20N2O3. The summed E-state index contributed by atoms with van der Waals surface area (Å²) in [6, 6.07) is 7.67. The second kappa shape index (κ2) is 6.22. The minimum absolute atomic E-state index is 0.00610. The van der Waals surface area contributed by atoms with Crippen molar-refractivity contribution in [1.82, 2.24) is 9.88 Å². The molecule has 1 aromatic carbocycles. The molecule has 1 aliphatic rings. The highest BCUT2D eigenvalue weighted by molar-refractivity contribution is 5.98. The van der Waals surface area contributed by atoms with Crippen LogP contribution in [-0.4, -0.2) is 39.5 Å². The highest BCUT2D eigenvalue weighted by Crippen LogP contribution is 2.24. The second-order valence-corrected chi connectivity index (χ2v) is 5.86. The molecule has 0 aliphatic carbocycles. The maximum atomic E-state index is 12.8. The van der Waals surface area contributed by atoms with Gasteiger partial charge in [0.25, 0.3) is 5.91 Å². The third-order valence-electron chi connectivity index (χ3n) is 4.38. The van der Waals surface area contributed by atoms with Crippen molar-refractivity contribution in [3.05, 3.63) is 36.0 Å². The number of fused-ring (bicyclic) bond motifs is 1. The Morgan fingerprint density at radius 2 is 2.14 bits per heavy atom. The van der Waals surface area contributed by atoms with Gasteiger partial charge >= 0.3 is 5.97 Å². The van der Waals surface area contributed by atoms with Crippen molar-refractivity contribution >= 4 is 22.8 Å². The molecule has 1 aliphatic heterocycles. The van der Waals surface area contributed by atoms with Gasteiger partial charge in [0.1, 0.15) is 0 Å². The number of nitrogens with zero attached hydrogens (tertiary/aromatic N) is 1. The molecule has 116 valence electrons. The Hall–Kier alpha value is -2.30. The van der Waals surface area contributed by atoms with Crippen LogP contribution < -0.4 is 0 Å². The fourth-order valence-corrected chi connectivity index (χ4v) is 3.20. The van der Waals surface area contributed by atoms with Gasteiger partial charge < -0.3 is 15.0 Å². The van der Waals surface area contributed by atoms with E-state index in [0.29, 0.717) is 18.5 Å². The first-order valence-corrected chi connectivity index (χ1v) is 7.75. The van der Waals surface area contributed by atoms with Crippen molar-refractivity contribution in [3.63, 3.8) is 0 Å². The number of amides is 1. The Morgan fingerprint density at radius 3 is 2.95 bits per heavy atom. The number of benzene rings is 1. The van der Waals surface area contributed by atoms with Gasteiger partial charge in [0.05, 0.1) is 0 Å². The number of carbonyl (C=O) groups is 2. The van der Waals surface area contributed by atoms with E-state index in [0.717, 1.165) is 30.2 Å². The summed E-state index contributed by atoms with van der Waals surface area (Å²) < 4.78 is 0. The molecule has 1 atom stereocenters. The lowest BCUT2D eigenvalue weighted by Crippen LogP contribution is -2.43. The number of likely N-dealkylation sites (tertiary alicyclic amines) is 1. The van der Waals surface area contributed by atoms with Gasteiger partial charge in [0.15, 0.2) is 0 Å². The Labute approximate surface area is 128 Å². The smallest absolute Gasteiger partial charge is 0.303 e. The van der Waals surface area contributed by atoms with Crippen molar-refractivity contribution in [2.24, 2.45) is 0 Å². The fraction of sp³-hybridized carbons (Fsp3) is 0.412. The average Bonchev–Trinajstić information content (AvgIpc) is 3.00. The van der Waals surface area contributed by atoms with E-state index in [1.54, 1.807) is 0 Å². The van der Waals surface area contributed by atoms with E-state index >= 15 is 0 Å². The molecule has 5 nitrogen and oxygen atoms in total. The predicted octanol–water partition coefficient (Wildman–Crippen LogP) is 3.03. The Balaban J connectivity index is 1.79. The standard InChI is InChI=1S/C17H20N2O3/c20-16(21)7-6-14-3-1-2-10-19(14)17(22)13-5-4-12-8-9-18-15(12)11-13/h4-5,8-9,11,14,18H,1-3,6-7,10H2,(H,20,21). The van der Waals surface area contributed by atoms with E-state index < -0.39 is 5.97 Å². The van der Waals surface area contributed by atoms with Crippen LogP contribution in [0.2, 0.25) is 0 Å². The van der Waals surface area contributed by atoms with Gasteiger partial charge in [-0.3, -0.25) is 9.59 Å². The molecule has 0 radical (unpaired) electrons. The minimum Gasteiger partial charge on any atom is -0.481 e. The first-order chi connectivity index (χ1) is 10.6. The van der Waals surface area contributed by atoms with Crippen LogP contribution in [0.15, 0.2) is 30.5 Å². The molecule has 5 heteroatoms. The minimum atomic E-state index is -0.800. The average molecular weight is 300 g/mol. The molecule has 1 amide bonds. The maximum absolute atomic E-state index is 12.8. The molecule has 0 saturated carbocycles. The first-order valence-electron chi connectivity index (χ1n) is 7.75. The molecule has 3 rings (SSSR count). The summed E-state index contributed by atoms with van der Waals surface area (Å²) >= 11 is 0. The van der Waals surface area contributed by atoms with E-state index in [4.69, 9.17) is 5.11 Å². The lowest BCUT2D eigenvalue weighted by atomic mass is 9.96. The Morgan fingerprint density at radius 1 is 1.27 bits per heavy atom. The zero-order chi connectivity index (χ0) is 15.5. The number of carboxylic acids is 1. The van der Waals surface area contributed by atoms with E-state index in [1.807, 2.05) is 35.4 Å². The summed E-state index contributed by atoms with van der Waals surface area (Å²) in [7, 11) is 0. The Bertz CT molecular complexity index is 692. The molecule has 1 unspecified atom stereocenters. The number of hydrogen-bond donors (Lipinski definition) is 2. The summed E-state index contributed by atoms with van der Waals surface area (Å²) in [4.78, 5) is 28.6. The van der Waals surface area contributed by atoms with E-state index in [-0.39, 0.29) is 18.4 Å². The summed E-state index contributed by atoms with van der Waals surface area (Å²) in [5, 5.41) is 9.95. The number of carboxylic acid groups (broad SMARTS) is 1. The van der Waals surface area contributed by atoms with Gasteiger partial charge in [0.2, 0.25) is 0 Å². The van der Waals surface area contributed by atoms with Gasteiger partial charge in [-0.1, -0.05) is 6.07 Å². The lowest BCUT2D eigenvalue weighted by Gasteiger charge is -2.35. The van der Waals surface area contributed by atoms with Crippen LogP contribution in [0.1, 0.15) is 42.5 Å². The van der Waals surface area contributed by atoms with Gasteiger partial charge in [0, 0.05) is 36.3 Å². The fourth-order valence-electron chi connectivity index (χ4n) is 3.20. The molecule has 1 aromatic heterocycles. The number of aliphatic carboxylic acids is 1. The molecule has 0 spiro atoms. The van der Waals surface area contributed by atoms with Gasteiger partial charge in [-0.05, 0) is 49.3 Å². The van der Waals surface area contributed by atoms with Crippen LogP contribution in [0.5, 0.6) is 0 Å². The van der Waals surface area contributed by atoms with Crippen LogP contribution in [0, 0.1) is 0 Å². The molecule has 22 heavy (non-hydrogen) atoms. The van der Waals surface area contributed by atoms with Crippen LogP contribution in [0.4, 0.5) is 0 Å². The largest absolute Gasteiger partial charge is 0.481 e. The SMILES string of the molecule is O=C(O)CCC1CCCCN1C(=O)c1ccc2cc[nH]c2c1. The molecule has 1 saturated heterocycles. The summed E-state index contributed by atoms with van der Waals surface area (Å²) in [5.41, 5.74) is 1.61. The van der Waals surface area contributed by atoms with Crippen molar-refractivity contribution in [2.75, 3.05) is 6.54 Å². The maximum Gasteiger partial charge on any atom is 0.303 e. The third-order valence-corrected chi connectivity index (χ3v) is 4.38. The van der Waals surface area contributed by atoms with Crippen molar-refractivity contribution in [1.29, 1.82) is 0 Å². The monoisotopic (exact) mass is 300 g/mol. The van der Waals surface area contributed by atoms with Gasteiger partial charge in [-0.2, -0.15) is 0 Å². The number of rotatable bonds is 4. The molecule has 0 bridgehead atoms. The second-order valence-electron chi connectivity index (χ2n) is 5.86. The van der Waals surface area contributed by atoms with Gasteiger partial charge in [-0.15, -0.1) is 0 Å². The highest BCUT2D eigenvalue weighted by atomic mass is 16.4. The molecule has 2 N–H and O–H groups in total. The van der Waals surface area contributed by atoms with Gasteiger partial charge in [-0.25, -0.2) is 0 Å². The molecule has 2 aromatic rings. The van der Waals surface area contributed by atoms with E-state index in [1.165, 1.54) is 0 Å². The zero-order valence-electron chi connectivity index (χ0n) is 12.4. The van der Waals surface area contributed by atoms with Crippen LogP contribution in [0.25, 0.3) is 10.9 Å². The predicted molar refractivity (Wildman–Crippen MR) is 83.8 cm³/mol. The molecule has 1 fully saturated rings. The highest BCUT2D eigenvalue weighted by Gasteiger charge is 2.27. The number of nitrogens with one attached hydrogen (secondary N) is 1. The normalized spacial score (nSPS) is 18.5. The third kappa shape index (κ3) is 2.98. The first kappa shape index (κ1) is 14.6. The zero-order valence-corrected chi connectivity index (χ0v) is 12.4. The number of aromatic nitrogens is 1. The number of carbonyl (C=O) groups excluding carboxylic acids is 1. The van der Waals surface area contributed by atoms with Crippen molar-refractivity contribution in [2.45, 2.75) is 38.1 Å². The summed E-state index contributed by atoms with van der Waals surface area (Å²) in [6.45, 7) is 0.714. The van der Waals surface area contributed by atoms with E-state index in [9.17, 15) is 9.59 Å². The number of hydrogen-bond acceptors (Lipinski definition) is 2. The van der Waals surface area contributed by atoms with Crippen LogP contribution in [0.3, 0.4) is 0 Å². The van der Waals surface area contributed by atoms with Crippen molar-refractivity contribution in [3.8, 4) is 0 Å². The topological polar surface area (TPSA) is 73.4 Å². The number of piperidine rings is 1. The summed E-state index contributed by atoms with van der Waals surface area (Å²) in [5.74, 6) is -0.794. The molecular weight excluding hydrogens is 280 g/mol. The van der Waals surface area contributed by atoms with Crippen LogP contribution >= 0.6 is 0 Å². The van der Waals surface area contributed by atoms with E-state index in [2.05, 4.69) is 4.98 Å². The molecule has 2 heterocycles. The number of aromatic amines is 1. The quantitative estimate of drug-likeness (QED) is 0.911. The Kier molecular flexibility index (Phi) is 4.13.